The molecule has 1 aliphatic rings. The van der Waals surface area contributed by atoms with Crippen molar-refractivity contribution in [1.29, 1.82) is 0 Å². The zero-order chi connectivity index (χ0) is 22.4. The molecule has 31 heavy (non-hydrogen) atoms. The minimum Gasteiger partial charge on any atom is -0.367 e. The molecule has 0 radical (unpaired) electrons. The van der Waals surface area contributed by atoms with E-state index in [9.17, 15) is 4.79 Å². The van der Waals surface area contributed by atoms with Gasteiger partial charge in [-0.3, -0.25) is 14.7 Å². The average molecular weight is 426 g/mol. The number of carbonyl (C=O) groups is 1. The lowest BCUT2D eigenvalue weighted by molar-refractivity contribution is 0.112. The number of halogens is 1. The van der Waals surface area contributed by atoms with E-state index in [1.54, 1.807) is 12.3 Å². The minimum atomic E-state index is -0.297. The standard InChI is InChI=1S/C24H32FN5O/c1-5-6-7-8-9-28(4)27-24-19(17-31)16-26-22-15-23(21(25)14-20(22)24)30-12-10-29(11-13-30)18(2)3/h5-8,14-18H,9-13H2,1-4H3,(H,26,27)/b6-5-,8-7-. The molecular formula is C24H32FN5O. The molecule has 0 unspecified atom stereocenters. The predicted molar refractivity (Wildman–Crippen MR) is 126 cm³/mol. The number of hydrogen-bond donors (Lipinski definition) is 1. The third-order valence-electron chi connectivity index (χ3n) is 5.60. The number of fused-ring (bicyclic) bond motifs is 1. The number of benzene rings is 1. The summed E-state index contributed by atoms with van der Waals surface area (Å²) in [6.07, 6.45) is 10.1. The summed E-state index contributed by atoms with van der Waals surface area (Å²) >= 11 is 0. The normalized spacial score (nSPS) is 15.8. The first-order valence-electron chi connectivity index (χ1n) is 10.8. The Hall–Kier alpha value is -2.77. The Bertz CT molecular complexity index is 964. The summed E-state index contributed by atoms with van der Waals surface area (Å²) in [6, 6.07) is 3.78. The van der Waals surface area contributed by atoms with Gasteiger partial charge in [0.15, 0.2) is 6.29 Å². The number of pyridine rings is 1. The van der Waals surface area contributed by atoms with E-state index in [1.807, 2.05) is 43.3 Å². The summed E-state index contributed by atoms with van der Waals surface area (Å²) in [5, 5.41) is 2.44. The number of nitrogens with zero attached hydrogens (tertiary/aromatic N) is 4. The van der Waals surface area contributed by atoms with Crippen LogP contribution in [0.4, 0.5) is 15.8 Å². The predicted octanol–water partition coefficient (Wildman–Crippen LogP) is 4.11. The summed E-state index contributed by atoms with van der Waals surface area (Å²) in [5.41, 5.74) is 5.42. The van der Waals surface area contributed by atoms with Crippen LogP contribution in [0, 0.1) is 5.82 Å². The molecule has 1 aliphatic heterocycles. The molecule has 1 fully saturated rings. The SMILES string of the molecule is C/C=C\C=C/CN(C)Nc1c(C=O)cnc2cc(N3CCN(C(C)C)CC3)c(F)cc12. The van der Waals surface area contributed by atoms with Crippen LogP contribution in [0.3, 0.4) is 0 Å². The van der Waals surface area contributed by atoms with Gasteiger partial charge in [0, 0.05) is 57.4 Å². The van der Waals surface area contributed by atoms with Crippen molar-refractivity contribution in [2.75, 3.05) is 50.1 Å². The molecular weight excluding hydrogens is 393 g/mol. The van der Waals surface area contributed by atoms with Crippen molar-refractivity contribution in [3.05, 3.63) is 54.0 Å². The third kappa shape index (κ3) is 5.48. The Balaban J connectivity index is 1.88. The molecule has 0 bridgehead atoms. The number of carbonyl (C=O) groups excluding carboxylic acids is 1. The van der Waals surface area contributed by atoms with E-state index in [0.717, 1.165) is 32.5 Å². The smallest absolute Gasteiger partial charge is 0.153 e. The van der Waals surface area contributed by atoms with Crippen molar-refractivity contribution in [3.8, 4) is 0 Å². The van der Waals surface area contributed by atoms with E-state index in [4.69, 9.17) is 0 Å². The first-order chi connectivity index (χ1) is 14.9. The average Bonchev–Trinajstić information content (AvgIpc) is 2.77. The number of piperazine rings is 1. The molecule has 1 aromatic carbocycles. The quantitative estimate of drug-likeness (QED) is 0.390. The van der Waals surface area contributed by atoms with Gasteiger partial charge in [-0.2, -0.15) is 0 Å². The van der Waals surface area contributed by atoms with Crippen LogP contribution in [0.15, 0.2) is 42.6 Å². The molecule has 6 nitrogen and oxygen atoms in total. The minimum absolute atomic E-state index is 0.297. The number of nitrogens with one attached hydrogen (secondary N) is 1. The van der Waals surface area contributed by atoms with Crippen LogP contribution >= 0.6 is 0 Å². The van der Waals surface area contributed by atoms with Crippen LogP contribution in [0.5, 0.6) is 0 Å². The Morgan fingerprint density at radius 2 is 1.97 bits per heavy atom. The second kappa shape index (κ2) is 10.5. The van der Waals surface area contributed by atoms with Gasteiger partial charge in [0.1, 0.15) is 5.82 Å². The topological polar surface area (TPSA) is 51.7 Å². The number of likely N-dealkylation sites (N-methyl/N-ethyl adjacent to an activating group) is 1. The summed E-state index contributed by atoms with van der Waals surface area (Å²) in [6.45, 7) is 10.3. The molecule has 0 spiro atoms. The number of aromatic nitrogens is 1. The second-order valence-electron chi connectivity index (χ2n) is 8.09. The van der Waals surface area contributed by atoms with Crippen molar-refractivity contribution in [2.24, 2.45) is 0 Å². The maximum Gasteiger partial charge on any atom is 0.153 e. The maximum absolute atomic E-state index is 15.2. The lowest BCUT2D eigenvalue weighted by Crippen LogP contribution is -2.49. The lowest BCUT2D eigenvalue weighted by atomic mass is 10.1. The molecule has 3 rings (SSSR count). The van der Waals surface area contributed by atoms with E-state index < -0.39 is 0 Å². The fourth-order valence-electron chi connectivity index (χ4n) is 3.80. The Labute approximate surface area is 184 Å². The third-order valence-corrected chi connectivity index (χ3v) is 5.60. The van der Waals surface area contributed by atoms with Crippen molar-refractivity contribution in [2.45, 2.75) is 26.8 Å². The number of anilines is 2. The molecule has 0 aliphatic carbocycles. The number of hydrazine groups is 1. The Morgan fingerprint density at radius 1 is 1.23 bits per heavy atom. The van der Waals surface area contributed by atoms with Crippen molar-refractivity contribution < 1.29 is 9.18 Å². The van der Waals surface area contributed by atoms with Crippen LogP contribution in [-0.2, 0) is 0 Å². The van der Waals surface area contributed by atoms with Gasteiger partial charge in [0.05, 0.1) is 22.5 Å². The van der Waals surface area contributed by atoms with E-state index in [1.165, 1.54) is 6.07 Å². The van der Waals surface area contributed by atoms with Gasteiger partial charge in [0.25, 0.3) is 0 Å². The molecule has 2 heterocycles. The molecule has 1 aromatic heterocycles. The van der Waals surface area contributed by atoms with Crippen LogP contribution in [-0.4, -0.2) is 67.0 Å². The number of rotatable bonds is 8. The fraction of sp³-hybridized carbons (Fsp3) is 0.417. The van der Waals surface area contributed by atoms with Gasteiger partial charge in [-0.15, -0.1) is 0 Å². The monoisotopic (exact) mass is 425 g/mol. The van der Waals surface area contributed by atoms with E-state index >= 15 is 4.39 Å². The summed E-state index contributed by atoms with van der Waals surface area (Å²) in [4.78, 5) is 20.5. The van der Waals surface area contributed by atoms with Crippen LogP contribution in [0.25, 0.3) is 10.9 Å². The number of allylic oxidation sites excluding steroid dienone is 3. The zero-order valence-corrected chi connectivity index (χ0v) is 18.8. The molecule has 1 N–H and O–H groups in total. The van der Waals surface area contributed by atoms with Crippen LogP contribution in [0.2, 0.25) is 0 Å². The van der Waals surface area contributed by atoms with E-state index in [0.29, 0.717) is 40.4 Å². The maximum atomic E-state index is 15.2. The van der Waals surface area contributed by atoms with Gasteiger partial charge in [-0.05, 0) is 32.9 Å². The molecule has 166 valence electrons. The summed E-state index contributed by atoms with van der Waals surface area (Å²) in [7, 11) is 1.87. The zero-order valence-electron chi connectivity index (χ0n) is 18.8. The van der Waals surface area contributed by atoms with Crippen molar-refractivity contribution in [1.82, 2.24) is 14.9 Å². The van der Waals surface area contributed by atoms with Gasteiger partial charge >= 0.3 is 0 Å². The van der Waals surface area contributed by atoms with Crippen molar-refractivity contribution >= 4 is 28.6 Å². The lowest BCUT2D eigenvalue weighted by Gasteiger charge is -2.38. The number of aldehydes is 1. The van der Waals surface area contributed by atoms with Gasteiger partial charge in [-0.1, -0.05) is 24.3 Å². The van der Waals surface area contributed by atoms with Gasteiger partial charge < -0.3 is 10.3 Å². The molecule has 1 saturated heterocycles. The summed E-state index contributed by atoms with van der Waals surface area (Å²) in [5.74, 6) is -0.297. The van der Waals surface area contributed by atoms with E-state index in [2.05, 4.69) is 34.1 Å². The summed E-state index contributed by atoms with van der Waals surface area (Å²) < 4.78 is 15.2. The molecule has 0 saturated carbocycles. The first kappa shape index (κ1) is 22.9. The molecule has 0 atom stereocenters. The van der Waals surface area contributed by atoms with Crippen LogP contribution in [0.1, 0.15) is 31.1 Å². The van der Waals surface area contributed by atoms with Gasteiger partial charge in [0.2, 0.25) is 0 Å². The van der Waals surface area contributed by atoms with Crippen LogP contribution < -0.4 is 10.3 Å². The second-order valence-corrected chi connectivity index (χ2v) is 8.09. The highest BCUT2D eigenvalue weighted by Crippen LogP contribution is 2.32. The Kier molecular flexibility index (Phi) is 7.76. The van der Waals surface area contributed by atoms with Gasteiger partial charge in [-0.25, -0.2) is 9.40 Å². The van der Waals surface area contributed by atoms with E-state index in [-0.39, 0.29) is 5.82 Å². The highest BCUT2D eigenvalue weighted by atomic mass is 19.1. The molecule has 0 amide bonds. The Morgan fingerprint density at radius 3 is 2.61 bits per heavy atom. The largest absolute Gasteiger partial charge is 0.367 e. The highest BCUT2D eigenvalue weighted by Gasteiger charge is 2.22. The number of hydrogen-bond acceptors (Lipinski definition) is 6. The highest BCUT2D eigenvalue weighted by molar-refractivity contribution is 6.01. The first-order valence-corrected chi connectivity index (χ1v) is 10.8. The van der Waals surface area contributed by atoms with Crippen molar-refractivity contribution in [3.63, 3.8) is 0 Å². The molecule has 7 heteroatoms. The fourth-order valence-corrected chi connectivity index (χ4v) is 3.80. The molecule has 2 aromatic rings.